The largest absolute Gasteiger partial charge is 0.391 e. The molecule has 0 aromatic carbocycles. The first-order valence-corrected chi connectivity index (χ1v) is 6.59. The molecule has 18 heavy (non-hydrogen) atoms. The van der Waals surface area contributed by atoms with E-state index in [0.29, 0.717) is 19.4 Å². The van der Waals surface area contributed by atoms with E-state index < -0.39 is 0 Å². The number of nitrogens with zero attached hydrogens (tertiary/aromatic N) is 2. The van der Waals surface area contributed by atoms with Gasteiger partial charge in [-0.15, -0.1) is 0 Å². The van der Waals surface area contributed by atoms with E-state index in [2.05, 4.69) is 4.90 Å². The van der Waals surface area contributed by atoms with E-state index in [1.807, 2.05) is 25.9 Å². The maximum Gasteiger partial charge on any atom is 0.223 e. The summed E-state index contributed by atoms with van der Waals surface area (Å²) in [5, 5.41) is 9.72. The van der Waals surface area contributed by atoms with Crippen LogP contribution in [0.15, 0.2) is 0 Å². The molecule has 0 spiro atoms. The molecule has 1 rings (SSSR count). The van der Waals surface area contributed by atoms with Crippen molar-refractivity contribution in [2.75, 3.05) is 34.3 Å². The zero-order valence-corrected chi connectivity index (χ0v) is 11.9. The number of ether oxygens (including phenoxy) is 1. The van der Waals surface area contributed by atoms with Crippen LogP contribution in [0.3, 0.4) is 0 Å². The maximum atomic E-state index is 12.1. The molecule has 1 saturated heterocycles. The molecule has 0 aromatic heterocycles. The number of likely N-dealkylation sites (N-methyl/N-ethyl adjacent to an activating group) is 1. The summed E-state index contributed by atoms with van der Waals surface area (Å²) in [5.41, 5.74) is 0. The van der Waals surface area contributed by atoms with Crippen molar-refractivity contribution in [1.82, 2.24) is 9.80 Å². The van der Waals surface area contributed by atoms with Gasteiger partial charge in [0.05, 0.1) is 12.2 Å². The minimum Gasteiger partial charge on any atom is -0.391 e. The van der Waals surface area contributed by atoms with Crippen LogP contribution in [0.2, 0.25) is 0 Å². The molecule has 1 heterocycles. The zero-order valence-electron chi connectivity index (χ0n) is 11.9. The highest BCUT2D eigenvalue weighted by atomic mass is 16.5. The van der Waals surface area contributed by atoms with Crippen molar-refractivity contribution >= 4 is 5.91 Å². The molecule has 0 aliphatic carbocycles. The van der Waals surface area contributed by atoms with E-state index >= 15 is 0 Å². The smallest absolute Gasteiger partial charge is 0.223 e. The van der Waals surface area contributed by atoms with E-state index in [0.717, 1.165) is 13.0 Å². The van der Waals surface area contributed by atoms with E-state index in [4.69, 9.17) is 4.74 Å². The molecule has 3 atom stereocenters. The molecule has 106 valence electrons. The molecule has 0 radical (unpaired) electrons. The Morgan fingerprint density at radius 1 is 1.56 bits per heavy atom. The van der Waals surface area contributed by atoms with Crippen LogP contribution in [-0.2, 0) is 9.53 Å². The molecular weight excluding hydrogens is 232 g/mol. The first kappa shape index (κ1) is 15.4. The topological polar surface area (TPSA) is 53.0 Å². The predicted molar refractivity (Wildman–Crippen MR) is 70.4 cm³/mol. The minimum atomic E-state index is -0.376. The van der Waals surface area contributed by atoms with Gasteiger partial charge < -0.3 is 19.6 Å². The number of aliphatic hydroxyl groups excluding tert-OH is 1. The summed E-state index contributed by atoms with van der Waals surface area (Å²) in [5.74, 6) is 0.127. The Balaban J connectivity index is 2.48. The fourth-order valence-corrected chi connectivity index (χ4v) is 2.38. The standard InChI is InChI=1S/C13H26N2O3/c1-10(18-4)5-6-13(17)15-9-12(16)7-11(15)8-14(2)3/h10-12,16H,5-9H2,1-4H3. The van der Waals surface area contributed by atoms with Crippen LogP contribution in [-0.4, -0.2) is 73.4 Å². The highest BCUT2D eigenvalue weighted by molar-refractivity contribution is 5.77. The van der Waals surface area contributed by atoms with Crippen molar-refractivity contribution in [1.29, 1.82) is 0 Å². The molecule has 5 nitrogen and oxygen atoms in total. The van der Waals surface area contributed by atoms with Gasteiger partial charge >= 0.3 is 0 Å². The van der Waals surface area contributed by atoms with Crippen LogP contribution in [0.4, 0.5) is 0 Å². The number of carbonyl (C=O) groups is 1. The monoisotopic (exact) mass is 258 g/mol. The lowest BCUT2D eigenvalue weighted by molar-refractivity contribution is -0.133. The number of likely N-dealkylation sites (tertiary alicyclic amines) is 1. The second-order valence-electron chi connectivity index (χ2n) is 5.44. The Morgan fingerprint density at radius 3 is 2.78 bits per heavy atom. The van der Waals surface area contributed by atoms with Crippen LogP contribution in [0.1, 0.15) is 26.2 Å². The van der Waals surface area contributed by atoms with Gasteiger partial charge in [-0.25, -0.2) is 0 Å². The number of rotatable bonds is 6. The van der Waals surface area contributed by atoms with Crippen molar-refractivity contribution in [2.45, 2.75) is 44.4 Å². The quantitative estimate of drug-likeness (QED) is 0.746. The van der Waals surface area contributed by atoms with Gasteiger partial charge in [-0.3, -0.25) is 4.79 Å². The van der Waals surface area contributed by atoms with Crippen LogP contribution in [0.25, 0.3) is 0 Å². The number of hydrogen-bond donors (Lipinski definition) is 1. The summed E-state index contributed by atoms with van der Waals surface area (Å²) in [7, 11) is 5.63. The van der Waals surface area contributed by atoms with E-state index in [1.165, 1.54) is 0 Å². The summed E-state index contributed by atoms with van der Waals surface area (Å²) < 4.78 is 5.15. The molecule has 1 fully saturated rings. The molecule has 1 N–H and O–H groups in total. The molecule has 1 aliphatic rings. The SMILES string of the molecule is COC(C)CCC(=O)N1CC(O)CC1CN(C)C. The van der Waals surface area contributed by atoms with Gasteiger partial charge in [0.2, 0.25) is 5.91 Å². The van der Waals surface area contributed by atoms with Crippen molar-refractivity contribution < 1.29 is 14.6 Å². The predicted octanol–water partition coefficient (Wildman–Crippen LogP) is 0.325. The second-order valence-corrected chi connectivity index (χ2v) is 5.44. The van der Waals surface area contributed by atoms with Gasteiger partial charge in [-0.05, 0) is 33.9 Å². The Bertz CT molecular complexity index is 271. The zero-order chi connectivity index (χ0) is 13.7. The maximum absolute atomic E-state index is 12.1. The van der Waals surface area contributed by atoms with Gasteiger partial charge in [-0.1, -0.05) is 0 Å². The third-order valence-electron chi connectivity index (χ3n) is 3.46. The first-order valence-electron chi connectivity index (χ1n) is 6.59. The fourth-order valence-electron chi connectivity index (χ4n) is 2.38. The van der Waals surface area contributed by atoms with E-state index in [1.54, 1.807) is 7.11 Å². The van der Waals surface area contributed by atoms with Crippen molar-refractivity contribution in [3.63, 3.8) is 0 Å². The molecular formula is C13H26N2O3. The highest BCUT2D eigenvalue weighted by Gasteiger charge is 2.34. The lowest BCUT2D eigenvalue weighted by atomic mass is 10.1. The molecule has 0 aromatic rings. The third kappa shape index (κ3) is 4.55. The Kier molecular flexibility index (Phi) is 6.05. The lowest BCUT2D eigenvalue weighted by Gasteiger charge is -2.27. The van der Waals surface area contributed by atoms with Gasteiger partial charge in [0.1, 0.15) is 0 Å². The molecule has 3 unspecified atom stereocenters. The van der Waals surface area contributed by atoms with Crippen LogP contribution in [0.5, 0.6) is 0 Å². The van der Waals surface area contributed by atoms with Gasteiger partial charge in [0.15, 0.2) is 0 Å². The molecule has 0 bridgehead atoms. The normalized spacial score (nSPS) is 25.8. The summed E-state index contributed by atoms with van der Waals surface area (Å²) in [6.07, 6.45) is 1.64. The lowest BCUT2D eigenvalue weighted by Crippen LogP contribution is -2.41. The molecule has 1 amide bonds. The summed E-state index contributed by atoms with van der Waals surface area (Å²) >= 11 is 0. The second kappa shape index (κ2) is 7.07. The van der Waals surface area contributed by atoms with Gasteiger partial charge in [-0.2, -0.15) is 0 Å². The van der Waals surface area contributed by atoms with Crippen molar-refractivity contribution in [3.05, 3.63) is 0 Å². The van der Waals surface area contributed by atoms with E-state index in [9.17, 15) is 9.90 Å². The number of aliphatic hydroxyl groups is 1. The Hall–Kier alpha value is -0.650. The number of methoxy groups -OCH3 is 1. The minimum absolute atomic E-state index is 0.105. The summed E-state index contributed by atoms with van der Waals surface area (Å²) in [4.78, 5) is 16.0. The number of carbonyl (C=O) groups excluding carboxylic acids is 1. The molecule has 5 heteroatoms. The van der Waals surface area contributed by atoms with Crippen molar-refractivity contribution in [3.8, 4) is 0 Å². The Labute approximate surface area is 110 Å². The first-order chi connectivity index (χ1) is 8.43. The molecule has 1 aliphatic heterocycles. The van der Waals surface area contributed by atoms with Crippen molar-refractivity contribution in [2.24, 2.45) is 0 Å². The number of hydrogen-bond acceptors (Lipinski definition) is 4. The van der Waals surface area contributed by atoms with Gasteiger partial charge in [0.25, 0.3) is 0 Å². The molecule has 0 saturated carbocycles. The highest BCUT2D eigenvalue weighted by Crippen LogP contribution is 2.20. The summed E-state index contributed by atoms with van der Waals surface area (Å²) in [6, 6.07) is 0.139. The van der Waals surface area contributed by atoms with Crippen LogP contribution >= 0.6 is 0 Å². The van der Waals surface area contributed by atoms with Gasteiger partial charge in [0, 0.05) is 32.7 Å². The number of β-amino-alcohol motifs (C(OH)–C–C–N with tert-alkyl or cyclic N) is 1. The van der Waals surface area contributed by atoms with Crippen LogP contribution < -0.4 is 0 Å². The average Bonchev–Trinajstić information content (AvgIpc) is 2.65. The average molecular weight is 258 g/mol. The fraction of sp³-hybridized carbons (Fsp3) is 0.923. The van der Waals surface area contributed by atoms with E-state index in [-0.39, 0.29) is 24.2 Å². The third-order valence-corrected chi connectivity index (χ3v) is 3.46. The number of amides is 1. The Morgan fingerprint density at radius 2 is 2.22 bits per heavy atom. The van der Waals surface area contributed by atoms with Crippen LogP contribution in [0, 0.1) is 0 Å². The summed E-state index contributed by atoms with van der Waals surface area (Å²) in [6.45, 7) is 3.24.